The fourth-order valence-corrected chi connectivity index (χ4v) is 1.88. The summed E-state index contributed by atoms with van der Waals surface area (Å²) in [7, 11) is 0. The predicted octanol–water partition coefficient (Wildman–Crippen LogP) is 2.79. The van der Waals surface area contributed by atoms with E-state index < -0.39 is 17.8 Å². The summed E-state index contributed by atoms with van der Waals surface area (Å²) < 4.78 is 13.0. The van der Waals surface area contributed by atoms with E-state index in [-0.39, 0.29) is 11.3 Å². The molecule has 2 rings (SSSR count). The molecule has 5 nitrogen and oxygen atoms in total. The van der Waals surface area contributed by atoms with Gasteiger partial charge in [0.1, 0.15) is 5.69 Å². The van der Waals surface area contributed by atoms with Crippen molar-refractivity contribution >= 4 is 17.6 Å². The minimum atomic E-state index is -1.07. The standard InChI is InChI=1S/C15H13FN2O3/c1-8-6-10(7-11(9(8)2)15(20)21)17-14(19)12-4-3-5-13(16)18-12/h3-7H,1-2H3,(H,17,19)(H,20,21). The quantitative estimate of drug-likeness (QED) is 0.851. The lowest BCUT2D eigenvalue weighted by atomic mass is 10.0. The van der Waals surface area contributed by atoms with Crippen LogP contribution in [0.15, 0.2) is 30.3 Å². The van der Waals surface area contributed by atoms with Crippen molar-refractivity contribution in [2.24, 2.45) is 0 Å². The molecule has 0 radical (unpaired) electrons. The summed E-state index contributed by atoms with van der Waals surface area (Å²) >= 11 is 0. The Bertz CT molecular complexity index is 729. The number of anilines is 1. The zero-order valence-corrected chi connectivity index (χ0v) is 11.5. The van der Waals surface area contributed by atoms with Gasteiger partial charge < -0.3 is 10.4 Å². The fourth-order valence-electron chi connectivity index (χ4n) is 1.88. The number of carboxylic acid groups (broad SMARTS) is 1. The molecule has 0 bridgehead atoms. The number of halogens is 1. The SMILES string of the molecule is Cc1cc(NC(=O)c2cccc(F)n2)cc(C(=O)O)c1C. The van der Waals surface area contributed by atoms with Gasteiger partial charge in [-0.15, -0.1) is 0 Å². The third kappa shape index (κ3) is 3.22. The van der Waals surface area contributed by atoms with Crippen LogP contribution in [-0.4, -0.2) is 22.0 Å². The van der Waals surface area contributed by atoms with Gasteiger partial charge in [-0.2, -0.15) is 4.39 Å². The lowest BCUT2D eigenvalue weighted by Gasteiger charge is -2.10. The Morgan fingerprint density at radius 1 is 1.24 bits per heavy atom. The van der Waals surface area contributed by atoms with Gasteiger partial charge in [-0.1, -0.05) is 6.07 Å². The highest BCUT2D eigenvalue weighted by Crippen LogP contribution is 2.20. The lowest BCUT2D eigenvalue weighted by Crippen LogP contribution is -2.15. The molecular weight excluding hydrogens is 275 g/mol. The van der Waals surface area contributed by atoms with Gasteiger partial charge in [0.15, 0.2) is 0 Å². The van der Waals surface area contributed by atoms with Crippen LogP contribution in [0, 0.1) is 19.8 Å². The van der Waals surface area contributed by atoms with Gasteiger partial charge in [-0.05, 0) is 49.2 Å². The van der Waals surface area contributed by atoms with Gasteiger partial charge in [-0.25, -0.2) is 9.78 Å². The Hall–Kier alpha value is -2.76. The van der Waals surface area contributed by atoms with Crippen LogP contribution >= 0.6 is 0 Å². The summed E-state index contributed by atoms with van der Waals surface area (Å²) in [5, 5.41) is 11.6. The van der Waals surface area contributed by atoms with E-state index in [4.69, 9.17) is 5.11 Å². The number of nitrogens with one attached hydrogen (secondary N) is 1. The number of nitrogens with zero attached hydrogens (tertiary/aromatic N) is 1. The molecule has 0 spiro atoms. The van der Waals surface area contributed by atoms with Crippen molar-refractivity contribution in [3.8, 4) is 0 Å². The van der Waals surface area contributed by atoms with Crippen LogP contribution in [0.4, 0.5) is 10.1 Å². The average molecular weight is 288 g/mol. The molecule has 21 heavy (non-hydrogen) atoms. The molecule has 1 amide bonds. The highest BCUT2D eigenvalue weighted by molar-refractivity contribution is 6.03. The van der Waals surface area contributed by atoms with E-state index in [2.05, 4.69) is 10.3 Å². The van der Waals surface area contributed by atoms with E-state index in [9.17, 15) is 14.0 Å². The maximum atomic E-state index is 13.0. The number of aryl methyl sites for hydroxylation is 1. The fraction of sp³-hybridized carbons (Fsp3) is 0.133. The number of carbonyl (C=O) groups is 2. The van der Waals surface area contributed by atoms with E-state index in [0.29, 0.717) is 11.3 Å². The zero-order valence-electron chi connectivity index (χ0n) is 11.5. The number of hydrogen-bond acceptors (Lipinski definition) is 3. The van der Waals surface area contributed by atoms with Crippen LogP contribution in [0.2, 0.25) is 0 Å². The molecule has 0 aliphatic carbocycles. The number of hydrogen-bond donors (Lipinski definition) is 2. The Balaban J connectivity index is 2.32. The van der Waals surface area contributed by atoms with Crippen LogP contribution < -0.4 is 5.32 Å². The zero-order chi connectivity index (χ0) is 15.6. The average Bonchev–Trinajstić information content (AvgIpc) is 2.42. The minimum absolute atomic E-state index is 0.0786. The molecule has 1 heterocycles. The molecule has 1 aromatic carbocycles. The number of pyridine rings is 1. The second-order valence-corrected chi connectivity index (χ2v) is 4.57. The van der Waals surface area contributed by atoms with E-state index >= 15 is 0 Å². The molecule has 6 heteroatoms. The number of carboxylic acids is 1. The van der Waals surface area contributed by atoms with Crippen LogP contribution in [0.5, 0.6) is 0 Å². The lowest BCUT2D eigenvalue weighted by molar-refractivity contribution is 0.0695. The first-order valence-corrected chi connectivity index (χ1v) is 6.17. The van der Waals surface area contributed by atoms with Crippen LogP contribution in [-0.2, 0) is 0 Å². The topological polar surface area (TPSA) is 79.3 Å². The number of benzene rings is 1. The largest absolute Gasteiger partial charge is 0.478 e. The smallest absolute Gasteiger partial charge is 0.336 e. The Morgan fingerprint density at radius 3 is 2.57 bits per heavy atom. The van der Waals surface area contributed by atoms with Crippen molar-refractivity contribution in [3.63, 3.8) is 0 Å². The number of amides is 1. The van der Waals surface area contributed by atoms with Crippen molar-refractivity contribution in [1.29, 1.82) is 0 Å². The summed E-state index contributed by atoms with van der Waals surface area (Å²) in [6, 6.07) is 6.90. The highest BCUT2D eigenvalue weighted by Gasteiger charge is 2.14. The summed E-state index contributed by atoms with van der Waals surface area (Å²) in [4.78, 5) is 26.6. The van der Waals surface area contributed by atoms with Crippen molar-refractivity contribution in [1.82, 2.24) is 4.98 Å². The van der Waals surface area contributed by atoms with E-state index in [1.807, 2.05) is 0 Å². The van der Waals surface area contributed by atoms with Gasteiger partial charge in [-0.3, -0.25) is 4.79 Å². The molecule has 0 atom stereocenters. The maximum absolute atomic E-state index is 13.0. The summed E-state index contributed by atoms with van der Waals surface area (Å²) in [6.07, 6.45) is 0. The third-order valence-electron chi connectivity index (χ3n) is 3.10. The van der Waals surface area contributed by atoms with Gasteiger partial charge in [0.2, 0.25) is 5.95 Å². The van der Waals surface area contributed by atoms with Crippen LogP contribution in [0.25, 0.3) is 0 Å². The maximum Gasteiger partial charge on any atom is 0.336 e. The van der Waals surface area contributed by atoms with Crippen molar-refractivity contribution in [2.45, 2.75) is 13.8 Å². The molecule has 0 aliphatic heterocycles. The number of aromatic carboxylic acids is 1. The monoisotopic (exact) mass is 288 g/mol. The number of rotatable bonds is 3. The van der Waals surface area contributed by atoms with Crippen molar-refractivity contribution in [3.05, 3.63) is 58.7 Å². The molecular formula is C15H13FN2O3. The van der Waals surface area contributed by atoms with Crippen LogP contribution in [0.1, 0.15) is 32.0 Å². The summed E-state index contributed by atoms with van der Waals surface area (Å²) in [5.41, 5.74) is 1.72. The molecule has 0 fully saturated rings. The molecule has 2 N–H and O–H groups in total. The van der Waals surface area contributed by atoms with Gasteiger partial charge >= 0.3 is 5.97 Å². The van der Waals surface area contributed by atoms with Crippen molar-refractivity contribution < 1.29 is 19.1 Å². The van der Waals surface area contributed by atoms with Gasteiger partial charge in [0.05, 0.1) is 5.56 Å². The molecule has 0 saturated heterocycles. The molecule has 0 aliphatic rings. The highest BCUT2D eigenvalue weighted by atomic mass is 19.1. The Kier molecular flexibility index (Phi) is 3.98. The first-order chi connectivity index (χ1) is 9.88. The minimum Gasteiger partial charge on any atom is -0.478 e. The van der Waals surface area contributed by atoms with E-state index in [1.165, 1.54) is 18.2 Å². The van der Waals surface area contributed by atoms with Gasteiger partial charge in [0, 0.05) is 5.69 Å². The number of carbonyl (C=O) groups excluding carboxylic acids is 1. The Labute approximate surface area is 120 Å². The second-order valence-electron chi connectivity index (χ2n) is 4.57. The summed E-state index contributed by atoms with van der Waals surface area (Å²) in [6.45, 7) is 3.44. The van der Waals surface area contributed by atoms with Crippen LogP contribution in [0.3, 0.4) is 0 Å². The first-order valence-electron chi connectivity index (χ1n) is 6.17. The molecule has 2 aromatic rings. The van der Waals surface area contributed by atoms with E-state index in [1.54, 1.807) is 19.9 Å². The molecule has 108 valence electrons. The second kappa shape index (κ2) is 5.70. The normalized spacial score (nSPS) is 10.2. The Morgan fingerprint density at radius 2 is 1.95 bits per heavy atom. The van der Waals surface area contributed by atoms with E-state index in [0.717, 1.165) is 11.6 Å². The molecule has 1 aromatic heterocycles. The molecule has 0 saturated carbocycles. The van der Waals surface area contributed by atoms with Crippen molar-refractivity contribution in [2.75, 3.05) is 5.32 Å². The number of aromatic nitrogens is 1. The summed E-state index contributed by atoms with van der Waals surface area (Å²) in [5.74, 6) is -2.43. The molecule has 0 unspecified atom stereocenters. The van der Waals surface area contributed by atoms with Gasteiger partial charge in [0.25, 0.3) is 5.91 Å². The third-order valence-corrected chi connectivity index (χ3v) is 3.10. The first kappa shape index (κ1) is 14.6. The predicted molar refractivity (Wildman–Crippen MR) is 75.0 cm³/mol.